The zero-order valence-electron chi connectivity index (χ0n) is 19.4. The van der Waals surface area contributed by atoms with Crippen molar-refractivity contribution in [3.05, 3.63) is 0 Å². The van der Waals surface area contributed by atoms with Gasteiger partial charge in [0, 0.05) is 32.1 Å². The van der Waals surface area contributed by atoms with Gasteiger partial charge in [-0.3, -0.25) is 24.2 Å². The van der Waals surface area contributed by atoms with Crippen LogP contribution < -0.4 is 5.32 Å². The lowest BCUT2D eigenvalue weighted by Crippen LogP contribution is -2.57. The Balaban J connectivity index is 1.64. The number of hydrogen-bond acceptors (Lipinski definition) is 5. The number of piperidine rings is 2. The lowest BCUT2D eigenvalue weighted by atomic mass is 9.86. The largest absolute Gasteiger partial charge is 0.342 e. The molecule has 5 amide bonds. The molecular weight excluding hydrogens is 398 g/mol. The number of imide groups is 1. The lowest BCUT2D eigenvalue weighted by Gasteiger charge is -2.39. The highest BCUT2D eigenvalue weighted by atomic mass is 16.2. The summed E-state index contributed by atoms with van der Waals surface area (Å²) < 4.78 is 0. The first-order valence-electron chi connectivity index (χ1n) is 11.7. The van der Waals surface area contributed by atoms with Gasteiger partial charge < -0.3 is 15.1 Å². The summed E-state index contributed by atoms with van der Waals surface area (Å²) in [5, 5.41) is 2.94. The highest BCUT2D eigenvalue weighted by molar-refractivity contribution is 6.07. The van der Waals surface area contributed by atoms with Crippen LogP contribution in [0.4, 0.5) is 4.79 Å². The topological polar surface area (TPSA) is 93.3 Å². The van der Waals surface area contributed by atoms with E-state index in [2.05, 4.69) is 10.2 Å². The van der Waals surface area contributed by atoms with E-state index in [-0.39, 0.29) is 35.7 Å². The molecule has 9 heteroatoms. The fourth-order valence-corrected chi connectivity index (χ4v) is 4.92. The van der Waals surface area contributed by atoms with Crippen LogP contribution in [0.5, 0.6) is 0 Å². The number of nitrogens with one attached hydrogen (secondary N) is 1. The second kappa shape index (κ2) is 9.54. The summed E-state index contributed by atoms with van der Waals surface area (Å²) in [6.07, 6.45) is 2.35. The molecule has 174 valence electrons. The average molecular weight is 436 g/mol. The summed E-state index contributed by atoms with van der Waals surface area (Å²) in [5.74, 6) is -0.146. The van der Waals surface area contributed by atoms with Gasteiger partial charge in [-0.05, 0) is 38.8 Å². The van der Waals surface area contributed by atoms with Crippen molar-refractivity contribution in [3.63, 3.8) is 0 Å². The number of likely N-dealkylation sites (tertiary alicyclic amines) is 2. The van der Waals surface area contributed by atoms with Gasteiger partial charge in [0.1, 0.15) is 5.54 Å². The minimum absolute atomic E-state index is 0.0515. The predicted molar refractivity (Wildman–Crippen MR) is 116 cm³/mol. The quantitative estimate of drug-likeness (QED) is 0.626. The summed E-state index contributed by atoms with van der Waals surface area (Å²) in [4.78, 5) is 58.2. The van der Waals surface area contributed by atoms with Crippen LogP contribution in [0.25, 0.3) is 0 Å². The van der Waals surface area contributed by atoms with Crippen molar-refractivity contribution in [2.45, 2.75) is 65.0 Å². The van der Waals surface area contributed by atoms with Crippen LogP contribution in [0.15, 0.2) is 0 Å². The molecule has 1 N–H and O–H groups in total. The van der Waals surface area contributed by atoms with Crippen LogP contribution >= 0.6 is 0 Å². The molecule has 0 bridgehead atoms. The number of nitrogens with zero attached hydrogens (tertiary/aromatic N) is 4. The van der Waals surface area contributed by atoms with Crippen LogP contribution in [-0.2, 0) is 14.4 Å². The van der Waals surface area contributed by atoms with E-state index >= 15 is 0 Å². The summed E-state index contributed by atoms with van der Waals surface area (Å²) in [6, 6.07) is -0.659. The smallest absolute Gasteiger partial charge is 0.325 e. The first-order valence-corrected chi connectivity index (χ1v) is 11.7. The molecule has 3 aliphatic heterocycles. The molecule has 3 aliphatic rings. The van der Waals surface area contributed by atoms with Crippen LogP contribution in [-0.4, -0.2) is 101 Å². The second-order valence-electron chi connectivity index (χ2n) is 9.26. The fourth-order valence-electron chi connectivity index (χ4n) is 4.92. The second-order valence-corrected chi connectivity index (χ2v) is 9.26. The van der Waals surface area contributed by atoms with Crippen molar-refractivity contribution in [3.8, 4) is 0 Å². The van der Waals surface area contributed by atoms with Crippen molar-refractivity contribution >= 4 is 23.8 Å². The number of urea groups is 1. The Kier molecular flexibility index (Phi) is 7.24. The van der Waals surface area contributed by atoms with E-state index in [0.29, 0.717) is 52.0 Å². The summed E-state index contributed by atoms with van der Waals surface area (Å²) in [5.41, 5.74) is -0.918. The zero-order chi connectivity index (χ0) is 22.8. The third-order valence-electron chi connectivity index (χ3n) is 6.98. The minimum Gasteiger partial charge on any atom is -0.342 e. The van der Waals surface area contributed by atoms with Crippen molar-refractivity contribution in [1.82, 2.24) is 24.9 Å². The van der Waals surface area contributed by atoms with Gasteiger partial charge in [-0.15, -0.1) is 0 Å². The Morgan fingerprint density at radius 3 is 2.32 bits per heavy atom. The molecule has 0 radical (unpaired) electrons. The molecule has 0 aromatic rings. The number of amides is 5. The van der Waals surface area contributed by atoms with E-state index in [9.17, 15) is 19.2 Å². The number of carbonyl (C=O) groups excluding carboxylic acids is 4. The Morgan fingerprint density at radius 1 is 1.10 bits per heavy atom. The van der Waals surface area contributed by atoms with Gasteiger partial charge in [-0.2, -0.15) is 0 Å². The van der Waals surface area contributed by atoms with Crippen LogP contribution in [0, 0.1) is 5.92 Å². The lowest BCUT2D eigenvalue weighted by molar-refractivity contribution is -0.142. The molecule has 3 saturated heterocycles. The summed E-state index contributed by atoms with van der Waals surface area (Å²) in [6.45, 7) is 11.8. The minimum atomic E-state index is -0.918. The van der Waals surface area contributed by atoms with Gasteiger partial charge in [0.2, 0.25) is 11.8 Å². The van der Waals surface area contributed by atoms with Crippen molar-refractivity contribution in [2.24, 2.45) is 5.92 Å². The zero-order valence-corrected chi connectivity index (χ0v) is 19.4. The monoisotopic (exact) mass is 435 g/mol. The number of likely N-dealkylation sites (N-methyl/N-ethyl adjacent to an activating group) is 1. The summed E-state index contributed by atoms with van der Waals surface area (Å²) >= 11 is 0. The molecular formula is C22H37N5O4. The first kappa shape index (κ1) is 23.5. The molecule has 31 heavy (non-hydrogen) atoms. The fraction of sp³-hybridized carbons (Fsp3) is 0.818. The van der Waals surface area contributed by atoms with Crippen LogP contribution in [0.3, 0.4) is 0 Å². The maximum atomic E-state index is 13.4. The Bertz CT molecular complexity index is 713. The SMILES string of the molecule is CCN(CC)CC(=O)N1CCC[C@@H](N2C(=O)NC3(CCN(C(=O)C(C)C)CC3)C2=O)C1. The maximum absolute atomic E-state index is 13.4. The van der Waals surface area contributed by atoms with Crippen LogP contribution in [0.1, 0.15) is 53.4 Å². The predicted octanol–water partition coefficient (Wildman–Crippen LogP) is 0.888. The highest BCUT2D eigenvalue weighted by Gasteiger charge is 2.55. The van der Waals surface area contributed by atoms with E-state index in [1.165, 1.54) is 4.90 Å². The van der Waals surface area contributed by atoms with E-state index in [1.54, 1.807) is 9.80 Å². The molecule has 0 aliphatic carbocycles. The van der Waals surface area contributed by atoms with E-state index < -0.39 is 5.54 Å². The molecule has 1 atom stereocenters. The molecule has 3 fully saturated rings. The van der Waals surface area contributed by atoms with Gasteiger partial charge in [0.25, 0.3) is 5.91 Å². The Morgan fingerprint density at radius 2 is 1.74 bits per heavy atom. The normalized spacial score (nSPS) is 23.8. The molecule has 3 rings (SSSR count). The van der Waals surface area contributed by atoms with Crippen LogP contribution in [0.2, 0.25) is 0 Å². The van der Waals surface area contributed by atoms with E-state index in [4.69, 9.17) is 0 Å². The number of rotatable bonds is 6. The number of hydrogen-bond donors (Lipinski definition) is 1. The molecule has 0 aromatic heterocycles. The van der Waals surface area contributed by atoms with Gasteiger partial charge in [-0.25, -0.2) is 4.79 Å². The van der Waals surface area contributed by atoms with Crippen molar-refractivity contribution in [1.29, 1.82) is 0 Å². The number of carbonyl (C=O) groups is 4. The van der Waals surface area contributed by atoms with Gasteiger partial charge in [0.05, 0.1) is 12.6 Å². The van der Waals surface area contributed by atoms with E-state index in [0.717, 1.165) is 19.5 Å². The standard InChI is InChI=1S/C22H37N5O4/c1-5-24(6-2)15-18(28)26-11-7-8-17(14-26)27-20(30)22(23-21(27)31)9-12-25(13-10-22)19(29)16(3)4/h16-17H,5-15H2,1-4H3,(H,23,31)/t17-/m1/s1. The Hall–Kier alpha value is -2.16. The highest BCUT2D eigenvalue weighted by Crippen LogP contribution is 2.32. The molecule has 0 unspecified atom stereocenters. The Labute approximate surface area is 185 Å². The maximum Gasteiger partial charge on any atom is 0.325 e. The average Bonchev–Trinajstić information content (AvgIpc) is 3.00. The van der Waals surface area contributed by atoms with Crippen molar-refractivity contribution < 1.29 is 19.2 Å². The molecule has 9 nitrogen and oxygen atoms in total. The van der Waals surface area contributed by atoms with Gasteiger partial charge >= 0.3 is 6.03 Å². The molecule has 1 spiro atoms. The van der Waals surface area contributed by atoms with E-state index in [1.807, 2.05) is 27.7 Å². The third-order valence-corrected chi connectivity index (χ3v) is 6.98. The van der Waals surface area contributed by atoms with Crippen molar-refractivity contribution in [2.75, 3.05) is 45.8 Å². The third kappa shape index (κ3) is 4.71. The molecule has 3 heterocycles. The van der Waals surface area contributed by atoms with Gasteiger partial charge in [-0.1, -0.05) is 27.7 Å². The summed E-state index contributed by atoms with van der Waals surface area (Å²) in [7, 11) is 0. The molecule has 0 aromatic carbocycles. The van der Waals surface area contributed by atoms with Gasteiger partial charge in [0.15, 0.2) is 0 Å². The molecule has 0 saturated carbocycles. The first-order chi connectivity index (χ1) is 14.7.